The number of rotatable bonds is 5. The second kappa shape index (κ2) is 7.35. The number of piperidine rings is 1. The van der Waals surface area contributed by atoms with Crippen LogP contribution in [0.25, 0.3) is 0 Å². The first kappa shape index (κ1) is 15.7. The molecule has 2 heterocycles. The van der Waals surface area contributed by atoms with E-state index >= 15 is 0 Å². The molecular weight excluding hydrogens is 292 g/mol. The summed E-state index contributed by atoms with van der Waals surface area (Å²) in [6, 6.07) is -0.225. The molecule has 1 aromatic heterocycles. The van der Waals surface area contributed by atoms with E-state index in [1.165, 1.54) is 11.3 Å². The third kappa shape index (κ3) is 4.38. The first-order valence-corrected chi connectivity index (χ1v) is 8.03. The molecule has 1 fully saturated rings. The molecule has 2 amide bonds. The Kier molecular flexibility index (Phi) is 5.49. The standard InChI is InChI=1S/C13H20N4O3S/c1-2-3-4-10-15-16-12(21-10)14-13(20)17-7-5-9(6-8-17)11(18)19/h9H,2-8H2,1H3,(H,18,19)(H,14,16,20). The first-order valence-electron chi connectivity index (χ1n) is 7.21. The van der Waals surface area contributed by atoms with Crippen LogP contribution in [0.5, 0.6) is 0 Å². The molecule has 2 N–H and O–H groups in total. The van der Waals surface area contributed by atoms with E-state index in [1.807, 2.05) is 0 Å². The number of amides is 2. The summed E-state index contributed by atoms with van der Waals surface area (Å²) in [7, 11) is 0. The molecule has 0 atom stereocenters. The molecule has 1 saturated heterocycles. The lowest BCUT2D eigenvalue weighted by molar-refractivity contribution is -0.143. The highest BCUT2D eigenvalue weighted by atomic mass is 32.1. The van der Waals surface area contributed by atoms with Crippen LogP contribution in [0.2, 0.25) is 0 Å². The fraction of sp³-hybridized carbons (Fsp3) is 0.692. The lowest BCUT2D eigenvalue weighted by atomic mass is 9.97. The van der Waals surface area contributed by atoms with Crippen molar-refractivity contribution in [3.63, 3.8) is 0 Å². The summed E-state index contributed by atoms with van der Waals surface area (Å²) in [6.45, 7) is 3.04. The van der Waals surface area contributed by atoms with E-state index in [0.717, 1.165) is 24.3 Å². The summed E-state index contributed by atoms with van der Waals surface area (Å²) in [5.74, 6) is -1.11. The Morgan fingerprint density at radius 2 is 2.10 bits per heavy atom. The second-order valence-electron chi connectivity index (χ2n) is 5.13. The van der Waals surface area contributed by atoms with E-state index in [1.54, 1.807) is 4.90 Å². The van der Waals surface area contributed by atoms with Crippen LogP contribution in [0.1, 0.15) is 37.6 Å². The minimum atomic E-state index is -0.778. The number of likely N-dealkylation sites (tertiary alicyclic amines) is 1. The number of urea groups is 1. The highest BCUT2D eigenvalue weighted by Gasteiger charge is 2.27. The third-order valence-electron chi connectivity index (χ3n) is 3.56. The summed E-state index contributed by atoms with van der Waals surface area (Å²) in [6.07, 6.45) is 4.04. The van der Waals surface area contributed by atoms with Crippen molar-refractivity contribution >= 4 is 28.5 Å². The third-order valence-corrected chi connectivity index (χ3v) is 4.45. The van der Waals surface area contributed by atoms with Crippen LogP contribution in [0.3, 0.4) is 0 Å². The van der Waals surface area contributed by atoms with Crippen LogP contribution in [-0.2, 0) is 11.2 Å². The van der Waals surface area contributed by atoms with Crippen LogP contribution in [0, 0.1) is 5.92 Å². The van der Waals surface area contributed by atoms with Crippen molar-refractivity contribution in [3.8, 4) is 0 Å². The van der Waals surface area contributed by atoms with Crippen molar-refractivity contribution in [3.05, 3.63) is 5.01 Å². The van der Waals surface area contributed by atoms with Gasteiger partial charge in [-0.2, -0.15) is 0 Å². The highest BCUT2D eigenvalue weighted by Crippen LogP contribution is 2.20. The van der Waals surface area contributed by atoms with Gasteiger partial charge in [-0.1, -0.05) is 24.7 Å². The molecule has 0 aliphatic carbocycles. The van der Waals surface area contributed by atoms with Gasteiger partial charge in [0.2, 0.25) is 5.13 Å². The average molecular weight is 312 g/mol. The summed E-state index contributed by atoms with van der Waals surface area (Å²) in [5, 5.41) is 21.1. The van der Waals surface area contributed by atoms with Gasteiger partial charge in [-0.15, -0.1) is 10.2 Å². The van der Waals surface area contributed by atoms with Gasteiger partial charge in [-0.3, -0.25) is 10.1 Å². The number of aliphatic carboxylic acids is 1. The average Bonchev–Trinajstić information content (AvgIpc) is 2.92. The van der Waals surface area contributed by atoms with Gasteiger partial charge < -0.3 is 10.0 Å². The number of unbranched alkanes of at least 4 members (excludes halogenated alkanes) is 1. The maximum absolute atomic E-state index is 12.1. The van der Waals surface area contributed by atoms with Crippen molar-refractivity contribution in [1.29, 1.82) is 0 Å². The Morgan fingerprint density at radius 1 is 1.38 bits per heavy atom. The van der Waals surface area contributed by atoms with E-state index in [4.69, 9.17) is 5.11 Å². The van der Waals surface area contributed by atoms with E-state index in [0.29, 0.717) is 31.1 Å². The molecule has 1 aliphatic rings. The van der Waals surface area contributed by atoms with Crippen LogP contribution >= 0.6 is 11.3 Å². The Hall–Kier alpha value is -1.70. The number of hydrogen-bond donors (Lipinski definition) is 2. The number of carboxylic acids is 1. The fourth-order valence-electron chi connectivity index (χ4n) is 2.23. The first-order chi connectivity index (χ1) is 10.1. The quantitative estimate of drug-likeness (QED) is 0.869. The maximum atomic E-state index is 12.1. The van der Waals surface area contributed by atoms with Gasteiger partial charge in [0.25, 0.3) is 0 Å². The maximum Gasteiger partial charge on any atom is 0.323 e. The van der Waals surface area contributed by atoms with Gasteiger partial charge in [-0.25, -0.2) is 4.79 Å². The Morgan fingerprint density at radius 3 is 2.71 bits per heavy atom. The zero-order valence-electron chi connectivity index (χ0n) is 12.0. The molecule has 1 aliphatic heterocycles. The number of aromatic nitrogens is 2. The topological polar surface area (TPSA) is 95.4 Å². The molecule has 0 radical (unpaired) electrons. The monoisotopic (exact) mass is 312 g/mol. The van der Waals surface area contributed by atoms with E-state index in [-0.39, 0.29) is 11.9 Å². The summed E-state index contributed by atoms with van der Waals surface area (Å²) in [5.41, 5.74) is 0. The Balaban J connectivity index is 1.82. The molecule has 116 valence electrons. The number of anilines is 1. The minimum Gasteiger partial charge on any atom is -0.481 e. The number of aryl methyl sites for hydroxylation is 1. The normalized spacial score (nSPS) is 16.0. The van der Waals surface area contributed by atoms with Gasteiger partial charge >= 0.3 is 12.0 Å². The zero-order valence-corrected chi connectivity index (χ0v) is 12.9. The zero-order chi connectivity index (χ0) is 15.2. The molecule has 8 heteroatoms. The van der Waals surface area contributed by atoms with Crippen LogP contribution in [-0.4, -0.2) is 45.3 Å². The Labute approximate surface area is 127 Å². The van der Waals surface area contributed by atoms with Gasteiger partial charge in [-0.05, 0) is 19.3 Å². The molecule has 0 saturated carbocycles. The van der Waals surface area contributed by atoms with Crippen molar-refractivity contribution in [2.24, 2.45) is 5.92 Å². The minimum absolute atomic E-state index is 0.225. The summed E-state index contributed by atoms with van der Waals surface area (Å²) in [4.78, 5) is 24.6. The summed E-state index contributed by atoms with van der Waals surface area (Å²) >= 11 is 1.40. The van der Waals surface area contributed by atoms with E-state index in [2.05, 4.69) is 22.4 Å². The lowest BCUT2D eigenvalue weighted by Crippen LogP contribution is -2.42. The molecular formula is C13H20N4O3S. The van der Waals surface area contributed by atoms with Crippen molar-refractivity contribution in [2.45, 2.75) is 39.0 Å². The lowest BCUT2D eigenvalue weighted by Gasteiger charge is -2.29. The predicted octanol–water partition coefficient (Wildman–Crippen LogP) is 2.21. The van der Waals surface area contributed by atoms with Gasteiger partial charge in [0.15, 0.2) is 0 Å². The van der Waals surface area contributed by atoms with Crippen molar-refractivity contribution in [2.75, 3.05) is 18.4 Å². The Bertz CT molecular complexity index is 497. The largest absolute Gasteiger partial charge is 0.481 e. The molecule has 7 nitrogen and oxygen atoms in total. The number of carbonyl (C=O) groups excluding carboxylic acids is 1. The number of hydrogen-bond acceptors (Lipinski definition) is 5. The molecule has 0 bridgehead atoms. The summed E-state index contributed by atoms with van der Waals surface area (Å²) < 4.78 is 0. The number of carbonyl (C=O) groups is 2. The van der Waals surface area contributed by atoms with Gasteiger partial charge in [0, 0.05) is 19.5 Å². The smallest absolute Gasteiger partial charge is 0.323 e. The van der Waals surface area contributed by atoms with Crippen LogP contribution in [0.15, 0.2) is 0 Å². The predicted molar refractivity (Wildman–Crippen MR) is 79.5 cm³/mol. The number of carboxylic acid groups (broad SMARTS) is 1. The molecule has 0 unspecified atom stereocenters. The van der Waals surface area contributed by atoms with E-state index in [9.17, 15) is 9.59 Å². The van der Waals surface area contributed by atoms with Crippen molar-refractivity contribution < 1.29 is 14.7 Å². The molecule has 2 rings (SSSR count). The SMILES string of the molecule is CCCCc1nnc(NC(=O)N2CCC(C(=O)O)CC2)s1. The molecule has 0 spiro atoms. The van der Waals surface area contributed by atoms with Crippen LogP contribution < -0.4 is 5.32 Å². The fourth-order valence-corrected chi connectivity index (χ4v) is 3.00. The van der Waals surface area contributed by atoms with Crippen LogP contribution in [0.4, 0.5) is 9.93 Å². The second-order valence-corrected chi connectivity index (χ2v) is 6.20. The van der Waals surface area contributed by atoms with Gasteiger partial charge in [0.05, 0.1) is 5.92 Å². The highest BCUT2D eigenvalue weighted by molar-refractivity contribution is 7.15. The molecule has 1 aromatic rings. The number of nitrogens with one attached hydrogen (secondary N) is 1. The number of nitrogens with zero attached hydrogens (tertiary/aromatic N) is 3. The van der Waals surface area contributed by atoms with Gasteiger partial charge in [0.1, 0.15) is 5.01 Å². The molecule has 21 heavy (non-hydrogen) atoms. The van der Waals surface area contributed by atoms with E-state index < -0.39 is 5.97 Å². The molecule has 0 aromatic carbocycles. The van der Waals surface area contributed by atoms with Crippen molar-refractivity contribution in [1.82, 2.24) is 15.1 Å².